The molecule has 2 saturated heterocycles. The highest BCUT2D eigenvalue weighted by Gasteiger charge is 2.47. The average molecular weight is 620 g/mol. The number of hydrogen-bond donors (Lipinski definition) is 4. The maximum atomic E-state index is 14.0. The molecule has 0 radical (unpaired) electrons. The molecule has 4 N–H and O–H groups in total. The molecule has 3 aliphatic rings. The van der Waals surface area contributed by atoms with Crippen LogP contribution in [0.5, 0.6) is 0 Å². The molecule has 1 spiro atoms. The van der Waals surface area contributed by atoms with E-state index >= 15 is 0 Å². The molecule has 9 nitrogen and oxygen atoms in total. The fourth-order valence-corrected chi connectivity index (χ4v) is 6.99. The van der Waals surface area contributed by atoms with E-state index in [1.54, 1.807) is 0 Å². The number of morpholine rings is 1. The molecular formula is C32H48F3N7O2. The normalized spacial score (nSPS) is 24.5. The highest BCUT2D eigenvalue weighted by Crippen LogP contribution is 2.45. The Hall–Kier alpha value is -2.70. The van der Waals surface area contributed by atoms with Gasteiger partial charge in [0.15, 0.2) is 5.82 Å². The summed E-state index contributed by atoms with van der Waals surface area (Å²) in [5, 5.41) is 17.3. The Bertz CT molecular complexity index is 1290. The van der Waals surface area contributed by atoms with Crippen molar-refractivity contribution in [2.45, 2.75) is 90.9 Å². The second-order valence-electron chi connectivity index (χ2n) is 14.0. The lowest BCUT2D eigenvalue weighted by Gasteiger charge is -2.52. The van der Waals surface area contributed by atoms with E-state index in [0.717, 1.165) is 57.7 Å². The van der Waals surface area contributed by atoms with Crippen LogP contribution in [0.4, 0.5) is 19.0 Å². The van der Waals surface area contributed by atoms with E-state index < -0.39 is 11.7 Å². The van der Waals surface area contributed by atoms with Gasteiger partial charge in [0, 0.05) is 31.6 Å². The van der Waals surface area contributed by atoms with Crippen LogP contribution in [-0.2, 0) is 15.7 Å². The van der Waals surface area contributed by atoms with Crippen LogP contribution in [0.3, 0.4) is 0 Å². The third-order valence-corrected chi connectivity index (χ3v) is 9.25. The van der Waals surface area contributed by atoms with E-state index in [0.29, 0.717) is 24.3 Å². The molecule has 2 aliphatic heterocycles. The number of aromatic nitrogens is 2. The molecule has 2 aromatic rings. The van der Waals surface area contributed by atoms with Crippen LogP contribution < -0.4 is 16.0 Å². The van der Waals surface area contributed by atoms with E-state index in [2.05, 4.69) is 51.8 Å². The van der Waals surface area contributed by atoms with Gasteiger partial charge < -0.3 is 15.4 Å². The van der Waals surface area contributed by atoms with E-state index in [9.17, 15) is 18.0 Å². The predicted molar refractivity (Wildman–Crippen MR) is 166 cm³/mol. The summed E-state index contributed by atoms with van der Waals surface area (Å²) in [6, 6.07) is 3.45. The Morgan fingerprint density at radius 2 is 1.77 bits per heavy atom. The summed E-state index contributed by atoms with van der Waals surface area (Å²) in [7, 11) is 0. The van der Waals surface area contributed by atoms with Crippen LogP contribution in [0.1, 0.15) is 84.1 Å². The smallest absolute Gasteiger partial charge is 0.379 e. The zero-order valence-electron chi connectivity index (χ0n) is 26.3. The van der Waals surface area contributed by atoms with E-state index in [4.69, 9.17) is 9.73 Å². The van der Waals surface area contributed by atoms with Crippen molar-refractivity contribution in [3.63, 3.8) is 0 Å². The van der Waals surface area contributed by atoms with Gasteiger partial charge in [0.25, 0.3) is 0 Å². The number of fused-ring (bicyclic) bond motifs is 1. The molecule has 1 saturated carbocycles. The van der Waals surface area contributed by atoms with Crippen LogP contribution in [0, 0.1) is 16.7 Å². The van der Waals surface area contributed by atoms with Crippen molar-refractivity contribution in [3.05, 3.63) is 23.8 Å². The third kappa shape index (κ3) is 8.11. The van der Waals surface area contributed by atoms with Crippen LogP contribution in [0.2, 0.25) is 0 Å². The number of nitrogens with one attached hydrogen (secondary N) is 4. The summed E-state index contributed by atoms with van der Waals surface area (Å²) < 4.78 is 45.4. The largest absolute Gasteiger partial charge is 0.416 e. The standard InChI is InChI=1S/C32H48F3N7O2/c1-30(2,3)21-37-29(38-26-24-11-10-23(32(33,34)35)18-25(24)40-41-26)39-27(43)22-19-31(12-8-6-4-5-7-9-13-31)28(36-20-22)42-14-16-44-17-15-42/h10-11,18,22,28,36H,4-9,12-17,19-21H2,1-3H3,(H3,37,38,39,40,41,43). The molecule has 1 aromatic heterocycles. The number of benzene rings is 1. The summed E-state index contributed by atoms with van der Waals surface area (Å²) in [4.78, 5) is 21.2. The highest BCUT2D eigenvalue weighted by atomic mass is 19.4. The van der Waals surface area contributed by atoms with E-state index in [1.807, 2.05) is 0 Å². The Morgan fingerprint density at radius 1 is 1.09 bits per heavy atom. The van der Waals surface area contributed by atoms with Crippen molar-refractivity contribution in [1.29, 1.82) is 0 Å². The minimum atomic E-state index is -4.46. The van der Waals surface area contributed by atoms with Crippen molar-refractivity contribution in [2.24, 2.45) is 21.7 Å². The molecule has 244 valence electrons. The van der Waals surface area contributed by atoms with Gasteiger partial charge in [-0.25, -0.2) is 0 Å². The van der Waals surface area contributed by atoms with Crippen LogP contribution in [0.25, 0.3) is 10.9 Å². The number of ether oxygens (including phenoxy) is 1. The van der Waals surface area contributed by atoms with Crippen LogP contribution in [0.15, 0.2) is 23.2 Å². The quantitative estimate of drug-likeness (QED) is 0.251. The Labute approximate surface area is 258 Å². The zero-order chi connectivity index (χ0) is 31.4. The van der Waals surface area contributed by atoms with Crippen molar-refractivity contribution in [1.82, 2.24) is 25.7 Å². The molecular weight excluding hydrogens is 571 g/mol. The number of hydrogen-bond acceptors (Lipinski definition) is 6. The van der Waals surface area contributed by atoms with Gasteiger partial charge in [-0.3, -0.25) is 25.1 Å². The molecule has 44 heavy (non-hydrogen) atoms. The number of halogens is 3. The number of aromatic amines is 1. The predicted octanol–water partition coefficient (Wildman–Crippen LogP) is 5.90. The van der Waals surface area contributed by atoms with Gasteiger partial charge in [-0.1, -0.05) is 59.3 Å². The molecule has 3 fully saturated rings. The highest BCUT2D eigenvalue weighted by molar-refractivity contribution is 6.07. The van der Waals surface area contributed by atoms with Gasteiger partial charge >= 0.3 is 6.18 Å². The number of guanidine groups is 1. The summed E-state index contributed by atoms with van der Waals surface area (Å²) >= 11 is 0. The van der Waals surface area contributed by atoms with Gasteiger partial charge in [0.05, 0.1) is 36.4 Å². The lowest BCUT2D eigenvalue weighted by molar-refractivity contribution is -0.137. The minimum absolute atomic E-state index is 0.00727. The van der Waals surface area contributed by atoms with Crippen molar-refractivity contribution in [3.8, 4) is 0 Å². The number of carbonyl (C=O) groups is 1. The van der Waals surface area contributed by atoms with Gasteiger partial charge in [-0.15, -0.1) is 0 Å². The number of rotatable bonds is 4. The Morgan fingerprint density at radius 3 is 2.43 bits per heavy atom. The van der Waals surface area contributed by atoms with Gasteiger partial charge in [-0.2, -0.15) is 18.3 Å². The second-order valence-corrected chi connectivity index (χ2v) is 14.0. The first-order chi connectivity index (χ1) is 20.9. The lowest BCUT2D eigenvalue weighted by atomic mass is 9.67. The fraction of sp³-hybridized carbons (Fsp3) is 0.719. The minimum Gasteiger partial charge on any atom is -0.379 e. The maximum Gasteiger partial charge on any atom is 0.416 e. The Kier molecular flexibility index (Phi) is 10.2. The van der Waals surface area contributed by atoms with Crippen molar-refractivity contribution >= 4 is 28.6 Å². The zero-order valence-corrected chi connectivity index (χ0v) is 26.3. The number of amides is 1. The van der Waals surface area contributed by atoms with Gasteiger partial charge in [-0.05, 0) is 48.3 Å². The van der Waals surface area contributed by atoms with Crippen molar-refractivity contribution in [2.75, 3.05) is 44.7 Å². The van der Waals surface area contributed by atoms with Crippen LogP contribution >= 0.6 is 0 Å². The molecule has 1 aromatic carbocycles. The SMILES string of the molecule is CC(C)(C)CN=C(NC(=O)C1CNC(N2CCOCC2)C2(CCCCCCCC2)C1)Nc1n[nH]c2cc(C(F)(F)F)ccc12. The summed E-state index contributed by atoms with van der Waals surface area (Å²) in [6.45, 7) is 10.4. The molecule has 1 aliphatic carbocycles. The number of nitrogens with zero attached hydrogens (tertiary/aromatic N) is 3. The molecule has 2 atom stereocenters. The second kappa shape index (κ2) is 13.7. The first kappa shape index (κ1) is 32.7. The molecule has 3 heterocycles. The average Bonchev–Trinajstić information content (AvgIpc) is 3.42. The third-order valence-electron chi connectivity index (χ3n) is 9.25. The fourth-order valence-electron chi connectivity index (χ4n) is 6.99. The van der Waals surface area contributed by atoms with Gasteiger partial charge in [0.1, 0.15) is 0 Å². The number of aliphatic imine (C=N–C) groups is 1. The van der Waals surface area contributed by atoms with E-state index in [-0.39, 0.29) is 40.3 Å². The first-order valence-corrected chi connectivity index (χ1v) is 16.2. The molecule has 0 bridgehead atoms. The number of carbonyl (C=O) groups excluding carboxylic acids is 1. The molecule has 5 rings (SSSR count). The number of H-pyrrole nitrogens is 1. The van der Waals surface area contributed by atoms with Gasteiger partial charge in [0.2, 0.25) is 11.9 Å². The number of alkyl halides is 3. The molecule has 12 heteroatoms. The topological polar surface area (TPSA) is 107 Å². The summed E-state index contributed by atoms with van der Waals surface area (Å²) in [5.74, 6) is 0.192. The first-order valence-electron chi connectivity index (χ1n) is 16.2. The molecule has 1 amide bonds. The Balaban J connectivity index is 1.36. The monoisotopic (exact) mass is 619 g/mol. The van der Waals surface area contributed by atoms with E-state index in [1.165, 1.54) is 44.6 Å². The maximum absolute atomic E-state index is 14.0. The number of piperidine rings is 1. The van der Waals surface area contributed by atoms with Crippen LogP contribution in [-0.4, -0.2) is 72.5 Å². The summed E-state index contributed by atoms with van der Waals surface area (Å²) in [6.07, 6.45) is 6.07. The lowest BCUT2D eigenvalue weighted by Crippen LogP contribution is -2.64. The molecule has 2 unspecified atom stereocenters. The van der Waals surface area contributed by atoms with Crippen molar-refractivity contribution < 1.29 is 22.7 Å². The summed E-state index contributed by atoms with van der Waals surface area (Å²) in [5.41, 5.74) is -0.663. The number of anilines is 1.